The highest BCUT2D eigenvalue weighted by molar-refractivity contribution is 5.88. The van der Waals surface area contributed by atoms with Gasteiger partial charge in [0.25, 0.3) is 0 Å². The third-order valence-electron chi connectivity index (χ3n) is 4.25. The predicted molar refractivity (Wildman–Crippen MR) is 68.7 cm³/mol. The monoisotopic (exact) mass is 253 g/mol. The lowest BCUT2D eigenvalue weighted by atomic mass is 9.66. The topological polar surface area (TPSA) is 84.2 Å². The molecule has 1 atom stereocenters. The van der Waals surface area contributed by atoms with E-state index in [2.05, 4.69) is 10.6 Å². The molecule has 0 aromatic rings. The molecule has 1 unspecified atom stereocenters. The molecule has 0 radical (unpaired) electrons. The smallest absolute Gasteiger partial charge is 0.242 e. The summed E-state index contributed by atoms with van der Waals surface area (Å²) in [6.07, 6.45) is 6.41. The van der Waals surface area contributed by atoms with Gasteiger partial charge in [-0.1, -0.05) is 6.42 Å². The summed E-state index contributed by atoms with van der Waals surface area (Å²) in [5.74, 6) is -0.0709. The molecule has 1 saturated carbocycles. The van der Waals surface area contributed by atoms with Crippen molar-refractivity contribution < 1.29 is 9.59 Å². The summed E-state index contributed by atoms with van der Waals surface area (Å²) >= 11 is 0. The highest BCUT2D eigenvalue weighted by Gasteiger charge is 2.38. The molecular formula is C13H23N3O2. The lowest BCUT2D eigenvalue weighted by molar-refractivity contribution is -0.130. The number of hydrogen-bond donors (Lipinski definition) is 3. The molecule has 0 spiro atoms. The molecule has 0 bridgehead atoms. The molecule has 102 valence electrons. The zero-order valence-corrected chi connectivity index (χ0v) is 10.8. The number of nitrogens with one attached hydrogen (secondary N) is 2. The van der Waals surface area contributed by atoms with Crippen molar-refractivity contribution in [1.82, 2.24) is 10.6 Å². The molecule has 2 amide bonds. The van der Waals surface area contributed by atoms with Gasteiger partial charge in [0.05, 0.1) is 0 Å². The summed E-state index contributed by atoms with van der Waals surface area (Å²) in [6.45, 7) is 1.29. The molecule has 5 heteroatoms. The largest absolute Gasteiger partial charge is 0.354 e. The van der Waals surface area contributed by atoms with Crippen LogP contribution in [-0.2, 0) is 9.59 Å². The zero-order valence-electron chi connectivity index (χ0n) is 10.8. The van der Waals surface area contributed by atoms with Gasteiger partial charge in [-0.3, -0.25) is 9.59 Å². The van der Waals surface area contributed by atoms with Crippen LogP contribution in [0.3, 0.4) is 0 Å². The third kappa shape index (κ3) is 3.02. The Balaban J connectivity index is 1.84. The molecule has 1 aliphatic heterocycles. The molecule has 1 aliphatic carbocycles. The summed E-state index contributed by atoms with van der Waals surface area (Å²) in [6, 6.07) is -0.352. The summed E-state index contributed by atoms with van der Waals surface area (Å²) in [4.78, 5) is 23.7. The molecule has 2 fully saturated rings. The number of amides is 2. The van der Waals surface area contributed by atoms with E-state index in [0.717, 1.165) is 45.1 Å². The van der Waals surface area contributed by atoms with Crippen molar-refractivity contribution in [3.05, 3.63) is 0 Å². The van der Waals surface area contributed by atoms with E-state index >= 15 is 0 Å². The Hall–Kier alpha value is -1.10. The number of hydrogen-bond acceptors (Lipinski definition) is 3. The SMILES string of the molecule is NCC1(CC(=O)NC2CCCCNC2=O)CCC1. The first-order valence-corrected chi connectivity index (χ1v) is 6.92. The Bertz CT molecular complexity index is 321. The van der Waals surface area contributed by atoms with Gasteiger partial charge in [-0.25, -0.2) is 0 Å². The second-order valence-corrected chi connectivity index (χ2v) is 5.64. The Kier molecular flexibility index (Phi) is 4.22. The molecule has 5 nitrogen and oxygen atoms in total. The van der Waals surface area contributed by atoms with Gasteiger partial charge < -0.3 is 16.4 Å². The van der Waals surface area contributed by atoms with Crippen LogP contribution in [0.25, 0.3) is 0 Å². The first-order chi connectivity index (χ1) is 8.65. The van der Waals surface area contributed by atoms with E-state index in [4.69, 9.17) is 5.73 Å². The van der Waals surface area contributed by atoms with Crippen LogP contribution < -0.4 is 16.4 Å². The average molecular weight is 253 g/mol. The van der Waals surface area contributed by atoms with Crippen LogP contribution in [0.1, 0.15) is 44.9 Å². The van der Waals surface area contributed by atoms with Crippen molar-refractivity contribution in [1.29, 1.82) is 0 Å². The average Bonchev–Trinajstić information content (AvgIpc) is 2.50. The first kappa shape index (κ1) is 13.3. The Morgan fingerprint density at radius 3 is 2.78 bits per heavy atom. The maximum Gasteiger partial charge on any atom is 0.242 e. The van der Waals surface area contributed by atoms with Gasteiger partial charge in [0.1, 0.15) is 6.04 Å². The Morgan fingerprint density at radius 2 is 2.17 bits per heavy atom. The van der Waals surface area contributed by atoms with Crippen LogP contribution in [0.15, 0.2) is 0 Å². The van der Waals surface area contributed by atoms with E-state index in [0.29, 0.717) is 13.0 Å². The number of carbonyl (C=O) groups excluding carboxylic acids is 2. The molecule has 2 aliphatic rings. The minimum Gasteiger partial charge on any atom is -0.354 e. The standard InChI is InChI=1S/C13H23N3O2/c14-9-13(5-3-6-13)8-11(17)16-10-4-1-2-7-15-12(10)18/h10H,1-9,14H2,(H,15,18)(H,16,17). The van der Waals surface area contributed by atoms with Gasteiger partial charge >= 0.3 is 0 Å². The Labute approximate surface area is 108 Å². The maximum atomic E-state index is 12.0. The van der Waals surface area contributed by atoms with Crippen LogP contribution in [-0.4, -0.2) is 30.9 Å². The minimum atomic E-state index is -0.352. The fourth-order valence-electron chi connectivity index (χ4n) is 2.79. The van der Waals surface area contributed by atoms with Crippen molar-refractivity contribution in [2.75, 3.05) is 13.1 Å². The summed E-state index contributed by atoms with van der Waals surface area (Å²) < 4.78 is 0. The predicted octanol–water partition coefficient (Wildman–Crippen LogP) is 0.290. The lowest BCUT2D eigenvalue weighted by Gasteiger charge is -2.40. The van der Waals surface area contributed by atoms with Crippen molar-refractivity contribution in [3.8, 4) is 0 Å². The number of carbonyl (C=O) groups is 2. The van der Waals surface area contributed by atoms with Crippen molar-refractivity contribution in [2.45, 2.75) is 51.0 Å². The molecule has 0 aromatic carbocycles. The van der Waals surface area contributed by atoms with E-state index in [1.54, 1.807) is 0 Å². The van der Waals surface area contributed by atoms with Crippen LogP contribution in [0.5, 0.6) is 0 Å². The Morgan fingerprint density at radius 1 is 1.39 bits per heavy atom. The van der Waals surface area contributed by atoms with E-state index in [1.165, 1.54) is 0 Å². The second-order valence-electron chi connectivity index (χ2n) is 5.64. The van der Waals surface area contributed by atoms with Gasteiger partial charge in [-0.15, -0.1) is 0 Å². The number of rotatable bonds is 4. The molecule has 4 N–H and O–H groups in total. The van der Waals surface area contributed by atoms with Gasteiger partial charge in [-0.2, -0.15) is 0 Å². The van der Waals surface area contributed by atoms with Crippen LogP contribution in [0.2, 0.25) is 0 Å². The summed E-state index contributed by atoms with van der Waals surface area (Å²) in [5.41, 5.74) is 5.75. The normalized spacial score (nSPS) is 26.7. The van der Waals surface area contributed by atoms with Crippen LogP contribution in [0.4, 0.5) is 0 Å². The van der Waals surface area contributed by atoms with Gasteiger partial charge in [-0.05, 0) is 44.1 Å². The van der Waals surface area contributed by atoms with Crippen molar-refractivity contribution in [3.63, 3.8) is 0 Å². The minimum absolute atomic E-state index is 0.00525. The van der Waals surface area contributed by atoms with E-state index < -0.39 is 0 Å². The first-order valence-electron chi connectivity index (χ1n) is 6.92. The highest BCUT2D eigenvalue weighted by Crippen LogP contribution is 2.42. The molecule has 1 saturated heterocycles. The zero-order chi connectivity index (χ0) is 13.0. The van der Waals surface area contributed by atoms with Gasteiger partial charge in [0, 0.05) is 13.0 Å². The third-order valence-corrected chi connectivity index (χ3v) is 4.25. The van der Waals surface area contributed by atoms with Crippen molar-refractivity contribution >= 4 is 11.8 Å². The summed E-state index contributed by atoms with van der Waals surface area (Å²) in [7, 11) is 0. The molecule has 0 aromatic heterocycles. The van der Waals surface area contributed by atoms with Crippen LogP contribution >= 0.6 is 0 Å². The van der Waals surface area contributed by atoms with Crippen LogP contribution in [0, 0.1) is 5.41 Å². The van der Waals surface area contributed by atoms with E-state index in [1.807, 2.05) is 0 Å². The quantitative estimate of drug-likeness (QED) is 0.673. The second kappa shape index (κ2) is 5.69. The summed E-state index contributed by atoms with van der Waals surface area (Å²) in [5, 5.41) is 5.69. The number of nitrogens with two attached hydrogens (primary N) is 1. The molecule has 1 heterocycles. The molecule has 18 heavy (non-hydrogen) atoms. The molecular weight excluding hydrogens is 230 g/mol. The fourth-order valence-corrected chi connectivity index (χ4v) is 2.79. The van der Waals surface area contributed by atoms with Gasteiger partial charge in [0.15, 0.2) is 0 Å². The fraction of sp³-hybridized carbons (Fsp3) is 0.846. The maximum absolute atomic E-state index is 12.0. The van der Waals surface area contributed by atoms with E-state index in [-0.39, 0.29) is 23.3 Å². The van der Waals surface area contributed by atoms with E-state index in [9.17, 15) is 9.59 Å². The lowest BCUT2D eigenvalue weighted by Crippen LogP contribution is -2.48. The highest BCUT2D eigenvalue weighted by atomic mass is 16.2. The van der Waals surface area contributed by atoms with Crippen molar-refractivity contribution in [2.24, 2.45) is 11.1 Å². The molecule has 2 rings (SSSR count). The van der Waals surface area contributed by atoms with Gasteiger partial charge in [0.2, 0.25) is 11.8 Å².